The van der Waals surface area contributed by atoms with Crippen LogP contribution in [0.4, 0.5) is 0 Å². The van der Waals surface area contributed by atoms with E-state index in [9.17, 15) is 4.79 Å². The summed E-state index contributed by atoms with van der Waals surface area (Å²) < 4.78 is 7.53. The number of hydrogen-bond acceptors (Lipinski definition) is 6. The maximum atomic E-state index is 13.4. The molecule has 0 spiro atoms. The molecule has 6 nitrogen and oxygen atoms in total. The fourth-order valence-corrected chi connectivity index (χ4v) is 4.40. The zero-order chi connectivity index (χ0) is 22.9. The monoisotopic (exact) mass is 454 g/mol. The zero-order valence-corrected chi connectivity index (χ0v) is 19.4. The molecule has 0 radical (unpaired) electrons. The van der Waals surface area contributed by atoms with Crippen LogP contribution in [0.1, 0.15) is 22.6 Å². The lowest BCUT2D eigenvalue weighted by molar-refractivity contribution is 0.528. The van der Waals surface area contributed by atoms with Gasteiger partial charge < -0.3 is 4.42 Å². The van der Waals surface area contributed by atoms with E-state index in [1.807, 2.05) is 80.6 Å². The van der Waals surface area contributed by atoms with Crippen LogP contribution < -0.4 is 5.56 Å². The summed E-state index contributed by atoms with van der Waals surface area (Å²) in [6, 6.07) is 21.3. The highest BCUT2D eigenvalue weighted by Gasteiger charge is 2.16. The molecule has 0 aliphatic heterocycles. The normalized spacial score (nSPS) is 11.2. The van der Waals surface area contributed by atoms with Crippen LogP contribution in [-0.4, -0.2) is 19.7 Å². The first-order valence-corrected chi connectivity index (χ1v) is 11.6. The number of hydrogen-bond donors (Lipinski definition) is 0. The van der Waals surface area contributed by atoms with Gasteiger partial charge in [0, 0.05) is 5.56 Å². The van der Waals surface area contributed by atoms with Crippen LogP contribution in [0.15, 0.2) is 81.1 Å². The Kier molecular flexibility index (Phi) is 5.56. The standard InChI is InChI=1S/C26H22N4O2S/c1-16-8-11-19(12-9-16)24-29-28-23(32-24)15-33-26-27-22-7-5-4-6-21(22)25(31)30(26)20-13-10-17(2)18(3)14-20/h4-14H,15H2,1-3H3. The lowest BCUT2D eigenvalue weighted by Crippen LogP contribution is -2.22. The van der Waals surface area contributed by atoms with E-state index in [2.05, 4.69) is 17.1 Å². The number of thioether (sulfide) groups is 1. The first kappa shape index (κ1) is 21.2. The average Bonchev–Trinajstić information content (AvgIpc) is 3.29. The SMILES string of the molecule is Cc1ccc(-c2nnc(CSc3nc4ccccc4c(=O)n3-c3ccc(C)c(C)c3)o2)cc1. The van der Waals surface area contributed by atoms with Crippen LogP contribution in [0.25, 0.3) is 28.0 Å². The van der Waals surface area contributed by atoms with Crippen LogP contribution >= 0.6 is 11.8 Å². The van der Waals surface area contributed by atoms with Gasteiger partial charge >= 0.3 is 0 Å². The highest BCUT2D eigenvalue weighted by Crippen LogP contribution is 2.26. The molecule has 3 aromatic carbocycles. The summed E-state index contributed by atoms with van der Waals surface area (Å²) in [6.07, 6.45) is 0. The molecule has 33 heavy (non-hydrogen) atoms. The second kappa shape index (κ2) is 8.67. The second-order valence-electron chi connectivity index (χ2n) is 7.98. The maximum absolute atomic E-state index is 13.4. The summed E-state index contributed by atoms with van der Waals surface area (Å²) in [5.74, 6) is 1.35. The lowest BCUT2D eigenvalue weighted by atomic mass is 10.1. The molecule has 164 valence electrons. The van der Waals surface area contributed by atoms with Gasteiger partial charge in [-0.05, 0) is 68.3 Å². The average molecular weight is 455 g/mol. The molecule has 0 atom stereocenters. The first-order valence-electron chi connectivity index (χ1n) is 10.6. The van der Waals surface area contributed by atoms with Crippen LogP contribution in [-0.2, 0) is 5.75 Å². The molecule has 0 saturated carbocycles. The molecule has 7 heteroatoms. The van der Waals surface area contributed by atoms with Gasteiger partial charge in [-0.2, -0.15) is 0 Å². The van der Waals surface area contributed by atoms with E-state index < -0.39 is 0 Å². The first-order chi connectivity index (χ1) is 16.0. The number of aromatic nitrogens is 4. The van der Waals surface area contributed by atoms with E-state index in [0.29, 0.717) is 33.6 Å². The van der Waals surface area contributed by atoms with Crippen LogP contribution in [0.5, 0.6) is 0 Å². The molecular formula is C26H22N4O2S. The molecule has 2 aromatic heterocycles. The van der Waals surface area contributed by atoms with Crippen molar-refractivity contribution in [3.63, 3.8) is 0 Å². The third kappa shape index (κ3) is 4.19. The third-order valence-corrected chi connectivity index (χ3v) is 6.51. The van der Waals surface area contributed by atoms with Crippen LogP contribution in [0, 0.1) is 20.8 Å². The van der Waals surface area contributed by atoms with E-state index >= 15 is 0 Å². The molecule has 0 fully saturated rings. The van der Waals surface area contributed by atoms with Crippen molar-refractivity contribution in [3.05, 3.63) is 99.7 Å². The maximum Gasteiger partial charge on any atom is 0.266 e. The van der Waals surface area contributed by atoms with Crippen LogP contribution in [0.2, 0.25) is 0 Å². The van der Waals surface area contributed by atoms with Crippen molar-refractivity contribution in [3.8, 4) is 17.1 Å². The summed E-state index contributed by atoms with van der Waals surface area (Å²) >= 11 is 1.40. The Morgan fingerprint density at radius 1 is 0.909 bits per heavy atom. The van der Waals surface area contributed by atoms with E-state index in [-0.39, 0.29) is 5.56 Å². The quantitative estimate of drug-likeness (QED) is 0.252. The van der Waals surface area contributed by atoms with Gasteiger partial charge in [-0.3, -0.25) is 9.36 Å². The number of para-hydroxylation sites is 1. The Balaban J connectivity index is 1.52. The lowest BCUT2D eigenvalue weighted by Gasteiger charge is -2.14. The highest BCUT2D eigenvalue weighted by atomic mass is 32.2. The molecule has 0 saturated heterocycles. The second-order valence-corrected chi connectivity index (χ2v) is 8.92. The number of nitrogens with zero attached hydrogens (tertiary/aromatic N) is 4. The topological polar surface area (TPSA) is 73.8 Å². The molecule has 0 aliphatic carbocycles. The number of fused-ring (bicyclic) bond motifs is 1. The third-order valence-electron chi connectivity index (χ3n) is 5.58. The van der Waals surface area contributed by atoms with E-state index in [0.717, 1.165) is 16.8 Å². The van der Waals surface area contributed by atoms with Crippen molar-refractivity contribution in [1.29, 1.82) is 0 Å². The van der Waals surface area contributed by atoms with Gasteiger partial charge in [0.25, 0.3) is 5.56 Å². The van der Waals surface area contributed by atoms with Gasteiger partial charge in [-0.1, -0.05) is 47.7 Å². The number of aryl methyl sites for hydroxylation is 3. The van der Waals surface area contributed by atoms with Crippen molar-refractivity contribution in [2.24, 2.45) is 0 Å². The molecule has 0 unspecified atom stereocenters. The smallest absolute Gasteiger partial charge is 0.266 e. The van der Waals surface area contributed by atoms with Crippen molar-refractivity contribution in [2.45, 2.75) is 31.7 Å². The Bertz CT molecular complexity index is 1520. The highest BCUT2D eigenvalue weighted by molar-refractivity contribution is 7.98. The Morgan fingerprint density at radius 3 is 2.48 bits per heavy atom. The minimum atomic E-state index is -0.0998. The molecule has 5 rings (SSSR count). The summed E-state index contributed by atoms with van der Waals surface area (Å²) in [6.45, 7) is 6.12. The van der Waals surface area contributed by atoms with Gasteiger partial charge in [-0.25, -0.2) is 4.98 Å². The fraction of sp³-hybridized carbons (Fsp3) is 0.154. The summed E-state index contributed by atoms with van der Waals surface area (Å²) in [4.78, 5) is 18.2. The fourth-order valence-electron chi connectivity index (χ4n) is 3.55. The predicted octanol–water partition coefficient (Wildman–Crippen LogP) is 5.65. The molecule has 0 N–H and O–H groups in total. The van der Waals surface area contributed by atoms with E-state index in [1.165, 1.54) is 22.9 Å². The summed E-state index contributed by atoms with van der Waals surface area (Å²) in [5, 5.41) is 9.53. The minimum Gasteiger partial charge on any atom is -0.420 e. The van der Waals surface area contributed by atoms with Gasteiger partial charge in [-0.15, -0.1) is 10.2 Å². The van der Waals surface area contributed by atoms with Crippen molar-refractivity contribution >= 4 is 22.7 Å². The minimum absolute atomic E-state index is 0.0998. The molecule has 0 aliphatic rings. The van der Waals surface area contributed by atoms with Gasteiger partial charge in [0.05, 0.1) is 22.3 Å². The summed E-state index contributed by atoms with van der Waals surface area (Å²) in [7, 11) is 0. The van der Waals surface area contributed by atoms with Gasteiger partial charge in [0.2, 0.25) is 11.8 Å². The van der Waals surface area contributed by atoms with Gasteiger partial charge in [0.1, 0.15) is 0 Å². The van der Waals surface area contributed by atoms with E-state index in [4.69, 9.17) is 9.40 Å². The zero-order valence-electron chi connectivity index (χ0n) is 18.6. The van der Waals surface area contributed by atoms with Crippen molar-refractivity contribution < 1.29 is 4.42 Å². The molecule has 0 bridgehead atoms. The molecule has 5 aromatic rings. The van der Waals surface area contributed by atoms with Gasteiger partial charge in [0.15, 0.2) is 5.16 Å². The Labute approximate surface area is 195 Å². The van der Waals surface area contributed by atoms with Crippen molar-refractivity contribution in [1.82, 2.24) is 19.7 Å². The van der Waals surface area contributed by atoms with Crippen LogP contribution in [0.3, 0.4) is 0 Å². The Morgan fingerprint density at radius 2 is 1.70 bits per heavy atom. The van der Waals surface area contributed by atoms with Crippen molar-refractivity contribution in [2.75, 3.05) is 0 Å². The number of rotatable bonds is 5. The number of benzene rings is 3. The molecule has 2 heterocycles. The Hall–Kier alpha value is -3.71. The summed E-state index contributed by atoms with van der Waals surface area (Å²) in [5.41, 5.74) is 5.68. The largest absolute Gasteiger partial charge is 0.420 e. The van der Waals surface area contributed by atoms with E-state index in [1.54, 1.807) is 4.57 Å². The molecular weight excluding hydrogens is 432 g/mol. The predicted molar refractivity (Wildman–Crippen MR) is 131 cm³/mol. The molecule has 0 amide bonds.